The van der Waals surface area contributed by atoms with Crippen LogP contribution in [0, 0.1) is 13.8 Å². The number of amides is 1. The van der Waals surface area contributed by atoms with Crippen molar-refractivity contribution in [2.75, 3.05) is 25.5 Å². The van der Waals surface area contributed by atoms with Gasteiger partial charge in [-0.3, -0.25) is 9.79 Å². The number of hydrogen-bond acceptors (Lipinski definition) is 7. The average molecular weight is 351 g/mol. The number of fused-ring (bicyclic) bond motifs is 1. The molecule has 0 radical (unpaired) electrons. The van der Waals surface area contributed by atoms with Crippen molar-refractivity contribution in [3.8, 4) is 0 Å². The van der Waals surface area contributed by atoms with E-state index < -0.39 is 5.97 Å². The smallest absolute Gasteiger partial charge is 0.341 e. The van der Waals surface area contributed by atoms with Gasteiger partial charge >= 0.3 is 5.97 Å². The van der Waals surface area contributed by atoms with E-state index in [1.54, 1.807) is 11.8 Å². The van der Waals surface area contributed by atoms with Crippen LogP contribution in [0.25, 0.3) is 0 Å². The molecule has 3 rings (SSSR count). The molecular weight excluding hydrogens is 334 g/mol. The predicted molar refractivity (Wildman–Crippen MR) is 93.1 cm³/mol. The van der Waals surface area contributed by atoms with Crippen molar-refractivity contribution in [3.63, 3.8) is 0 Å². The van der Waals surface area contributed by atoms with Gasteiger partial charge in [-0.1, -0.05) is 11.8 Å². The van der Waals surface area contributed by atoms with Crippen molar-refractivity contribution in [2.24, 2.45) is 4.99 Å². The summed E-state index contributed by atoms with van der Waals surface area (Å²) in [5, 5.41) is 6.34. The minimum atomic E-state index is -0.424. The highest BCUT2D eigenvalue weighted by molar-refractivity contribution is 8.16. The number of aliphatic imine (C=N–C) groups is 1. The number of hydrogen-bond donors (Lipinski definition) is 1. The van der Waals surface area contributed by atoms with Gasteiger partial charge in [0.1, 0.15) is 5.00 Å². The molecule has 0 saturated heterocycles. The zero-order chi connectivity index (χ0) is 16.6. The molecule has 0 atom stereocenters. The standard InChI is InChI=1S/C15H17N3O3S2/c1-8-9(2)23-13(12(8)14(20)21-3)17-11(19)6-10-7-22-15-16-4-5-18(10)15/h7H,4-6H2,1-3H3,(H,17,19). The van der Waals surface area contributed by atoms with Crippen LogP contribution in [-0.2, 0) is 9.53 Å². The lowest BCUT2D eigenvalue weighted by atomic mass is 10.1. The third kappa shape index (κ3) is 3.00. The Morgan fingerprint density at radius 3 is 2.96 bits per heavy atom. The molecule has 0 aliphatic carbocycles. The second-order valence-corrected chi connectivity index (χ2v) is 7.31. The third-order valence-electron chi connectivity index (χ3n) is 3.82. The Morgan fingerprint density at radius 1 is 1.43 bits per heavy atom. The van der Waals surface area contributed by atoms with Crippen LogP contribution >= 0.6 is 23.1 Å². The van der Waals surface area contributed by atoms with E-state index in [0.29, 0.717) is 10.6 Å². The Morgan fingerprint density at radius 2 is 2.22 bits per heavy atom. The van der Waals surface area contributed by atoms with Gasteiger partial charge < -0.3 is 15.0 Å². The second kappa shape index (κ2) is 6.37. The molecule has 2 aliphatic rings. The number of ether oxygens (including phenoxy) is 1. The monoisotopic (exact) mass is 351 g/mol. The predicted octanol–water partition coefficient (Wildman–Crippen LogP) is 2.74. The zero-order valence-corrected chi connectivity index (χ0v) is 14.8. The molecule has 1 amide bonds. The Bertz CT molecular complexity index is 737. The molecule has 122 valence electrons. The van der Waals surface area contributed by atoms with Crippen LogP contribution in [0.5, 0.6) is 0 Å². The summed E-state index contributed by atoms with van der Waals surface area (Å²) >= 11 is 2.95. The molecular formula is C15H17N3O3S2. The molecule has 0 unspecified atom stereocenters. The molecule has 1 aromatic rings. The Kier molecular flexibility index (Phi) is 4.45. The van der Waals surface area contributed by atoms with E-state index in [9.17, 15) is 9.59 Å². The fourth-order valence-corrected chi connectivity index (χ4v) is 4.53. The van der Waals surface area contributed by atoms with Crippen LogP contribution in [0.15, 0.2) is 16.1 Å². The fraction of sp³-hybridized carbons (Fsp3) is 0.400. The summed E-state index contributed by atoms with van der Waals surface area (Å²) in [5.74, 6) is -0.567. The van der Waals surface area contributed by atoms with Gasteiger partial charge in [0.15, 0.2) is 5.17 Å². The Labute approximate surface area is 142 Å². The Balaban J connectivity index is 1.72. The molecule has 1 aromatic heterocycles. The van der Waals surface area contributed by atoms with Gasteiger partial charge in [-0.15, -0.1) is 11.3 Å². The number of carbonyl (C=O) groups is 2. The molecule has 23 heavy (non-hydrogen) atoms. The van der Waals surface area contributed by atoms with E-state index in [0.717, 1.165) is 34.4 Å². The van der Waals surface area contributed by atoms with E-state index >= 15 is 0 Å². The minimum Gasteiger partial charge on any atom is -0.465 e. The number of amidine groups is 1. The van der Waals surface area contributed by atoms with Crippen LogP contribution in [0.1, 0.15) is 27.2 Å². The lowest BCUT2D eigenvalue weighted by Crippen LogP contribution is -2.24. The summed E-state index contributed by atoms with van der Waals surface area (Å²) in [4.78, 5) is 31.7. The van der Waals surface area contributed by atoms with Gasteiger partial charge in [0.2, 0.25) is 5.91 Å². The van der Waals surface area contributed by atoms with Crippen molar-refractivity contribution in [2.45, 2.75) is 20.3 Å². The maximum absolute atomic E-state index is 12.4. The van der Waals surface area contributed by atoms with Crippen LogP contribution in [0.4, 0.5) is 5.00 Å². The first-order chi connectivity index (χ1) is 11.0. The Hall–Kier alpha value is -1.80. The third-order valence-corrected chi connectivity index (χ3v) is 5.89. The summed E-state index contributed by atoms with van der Waals surface area (Å²) in [6.45, 7) is 5.38. The lowest BCUT2D eigenvalue weighted by molar-refractivity contribution is -0.115. The second-order valence-electron chi connectivity index (χ2n) is 5.25. The average Bonchev–Trinajstić information content (AvgIpc) is 3.17. The molecule has 6 nitrogen and oxygen atoms in total. The molecule has 0 bridgehead atoms. The van der Waals surface area contributed by atoms with E-state index in [1.165, 1.54) is 18.4 Å². The van der Waals surface area contributed by atoms with Crippen LogP contribution in [0.2, 0.25) is 0 Å². The van der Waals surface area contributed by atoms with Gasteiger partial charge in [-0.25, -0.2) is 4.79 Å². The number of aryl methyl sites for hydroxylation is 1. The highest BCUT2D eigenvalue weighted by Crippen LogP contribution is 2.34. The van der Waals surface area contributed by atoms with Crippen LogP contribution in [-0.4, -0.2) is 42.1 Å². The maximum Gasteiger partial charge on any atom is 0.341 e. The molecule has 0 aromatic carbocycles. The van der Waals surface area contributed by atoms with E-state index in [1.807, 2.05) is 19.3 Å². The fourth-order valence-electron chi connectivity index (χ4n) is 2.51. The molecule has 1 N–H and O–H groups in total. The number of anilines is 1. The zero-order valence-electron chi connectivity index (χ0n) is 13.1. The van der Waals surface area contributed by atoms with Gasteiger partial charge in [0, 0.05) is 17.1 Å². The SMILES string of the molecule is COC(=O)c1c(NC(=O)CC2=CSC3=NCCN23)sc(C)c1C. The molecule has 3 heterocycles. The number of thiophene rings is 1. The topological polar surface area (TPSA) is 71.0 Å². The van der Waals surface area contributed by atoms with Crippen molar-refractivity contribution >= 4 is 45.1 Å². The summed E-state index contributed by atoms with van der Waals surface area (Å²) in [6, 6.07) is 0. The van der Waals surface area contributed by atoms with E-state index in [-0.39, 0.29) is 12.3 Å². The molecule has 0 saturated carbocycles. The minimum absolute atomic E-state index is 0.142. The van der Waals surface area contributed by atoms with Crippen LogP contribution in [0.3, 0.4) is 0 Å². The summed E-state index contributed by atoms with van der Waals surface area (Å²) in [6.07, 6.45) is 0.266. The number of rotatable bonds is 4. The molecule has 8 heteroatoms. The summed E-state index contributed by atoms with van der Waals surface area (Å²) in [5.41, 5.74) is 2.25. The first-order valence-electron chi connectivity index (χ1n) is 7.17. The molecule has 0 spiro atoms. The van der Waals surface area contributed by atoms with Crippen molar-refractivity contribution in [1.82, 2.24) is 4.90 Å². The number of nitrogens with one attached hydrogen (secondary N) is 1. The van der Waals surface area contributed by atoms with Crippen molar-refractivity contribution in [1.29, 1.82) is 0 Å². The number of esters is 1. The van der Waals surface area contributed by atoms with Crippen molar-refractivity contribution < 1.29 is 14.3 Å². The normalized spacial score (nSPS) is 16.0. The van der Waals surface area contributed by atoms with E-state index in [4.69, 9.17) is 4.74 Å². The lowest BCUT2D eigenvalue weighted by Gasteiger charge is -2.16. The van der Waals surface area contributed by atoms with Crippen LogP contribution < -0.4 is 5.32 Å². The van der Waals surface area contributed by atoms with Gasteiger partial charge in [-0.05, 0) is 24.8 Å². The number of methoxy groups -OCH3 is 1. The largest absolute Gasteiger partial charge is 0.465 e. The van der Waals surface area contributed by atoms with E-state index in [2.05, 4.69) is 15.2 Å². The van der Waals surface area contributed by atoms with Gasteiger partial charge in [-0.2, -0.15) is 0 Å². The molecule has 0 fully saturated rings. The van der Waals surface area contributed by atoms with Crippen molar-refractivity contribution in [3.05, 3.63) is 27.1 Å². The number of carbonyl (C=O) groups excluding carboxylic acids is 2. The number of nitrogens with zero attached hydrogens (tertiary/aromatic N) is 2. The first-order valence-corrected chi connectivity index (χ1v) is 8.86. The summed E-state index contributed by atoms with van der Waals surface area (Å²) < 4.78 is 4.82. The highest BCUT2D eigenvalue weighted by atomic mass is 32.2. The van der Waals surface area contributed by atoms with Gasteiger partial charge in [0.05, 0.1) is 25.6 Å². The first kappa shape index (κ1) is 16.1. The summed E-state index contributed by atoms with van der Waals surface area (Å²) in [7, 11) is 1.34. The number of thioether (sulfide) groups is 1. The maximum atomic E-state index is 12.4. The van der Waals surface area contributed by atoms with Gasteiger partial charge in [0.25, 0.3) is 0 Å². The quantitative estimate of drug-likeness (QED) is 0.845. The molecule has 2 aliphatic heterocycles. The highest BCUT2D eigenvalue weighted by Gasteiger charge is 2.28.